The van der Waals surface area contributed by atoms with Gasteiger partial charge < -0.3 is 0 Å². The first-order valence-electron chi connectivity index (χ1n) is 14.8. The summed E-state index contributed by atoms with van der Waals surface area (Å²) in [5.74, 6) is -1.74. The normalized spacial score (nSPS) is 20.9. The molecule has 0 bridgehead atoms. The van der Waals surface area contributed by atoms with Crippen molar-refractivity contribution in [3.05, 3.63) is 115 Å². The summed E-state index contributed by atoms with van der Waals surface area (Å²) in [4.78, 5) is 53.7. The Morgan fingerprint density at radius 2 is 0.867 bits per heavy atom. The lowest BCUT2D eigenvalue weighted by Gasteiger charge is -2.23. The van der Waals surface area contributed by atoms with Crippen molar-refractivity contribution in [3.8, 4) is 0 Å². The maximum absolute atomic E-state index is 13.0. The summed E-state index contributed by atoms with van der Waals surface area (Å²) in [5.41, 5.74) is 7.28. The second-order valence-electron chi connectivity index (χ2n) is 13.1. The highest BCUT2D eigenvalue weighted by Gasteiger charge is 2.42. The first-order valence-corrected chi connectivity index (χ1v) is 17.2. The molecule has 0 amide bonds. The lowest BCUT2D eigenvalue weighted by atomic mass is 9.81. The van der Waals surface area contributed by atoms with Crippen LogP contribution in [-0.2, 0) is 20.4 Å². The van der Waals surface area contributed by atoms with E-state index in [0.29, 0.717) is 33.4 Å². The molecule has 0 saturated carbocycles. The molecule has 0 radical (unpaired) electrons. The fourth-order valence-electron chi connectivity index (χ4n) is 7.39. The molecule has 0 atom stereocenters. The van der Waals surface area contributed by atoms with Crippen molar-refractivity contribution in [3.63, 3.8) is 0 Å². The third-order valence-electron chi connectivity index (χ3n) is 9.89. The van der Waals surface area contributed by atoms with Gasteiger partial charge in [0.2, 0.25) is 23.1 Å². The van der Waals surface area contributed by atoms with E-state index in [1.807, 2.05) is 47.8 Å². The smallest absolute Gasteiger partial charge is 0.234 e. The first kappa shape index (κ1) is 27.0. The minimum Gasteiger partial charge on any atom is -0.285 e. The predicted octanol–water partition coefficient (Wildman–Crippen LogP) is 9.22. The van der Waals surface area contributed by atoms with Gasteiger partial charge in [-0.2, -0.15) is 0 Å². The van der Waals surface area contributed by atoms with Gasteiger partial charge in [-0.05, 0) is 57.7 Å². The number of hydrogen-bond acceptors (Lipinski definition) is 7. The number of carbonyl (C=O) groups is 4. The lowest BCUT2D eigenvalue weighted by Crippen LogP contribution is -2.16. The summed E-state index contributed by atoms with van der Waals surface area (Å²) in [6.45, 7) is 8.80. The summed E-state index contributed by atoms with van der Waals surface area (Å²) in [5, 5.41) is 0. The summed E-state index contributed by atoms with van der Waals surface area (Å²) >= 11 is 5.43. The van der Waals surface area contributed by atoms with Crippen molar-refractivity contribution in [1.29, 1.82) is 0 Å². The van der Waals surface area contributed by atoms with E-state index in [-0.39, 0.29) is 10.8 Å². The zero-order valence-corrected chi connectivity index (χ0v) is 27.2. The van der Waals surface area contributed by atoms with Crippen LogP contribution in [0, 0.1) is 0 Å². The van der Waals surface area contributed by atoms with Gasteiger partial charge in [-0.25, -0.2) is 0 Å². The highest BCUT2D eigenvalue weighted by molar-refractivity contribution is 7.39. The van der Waals surface area contributed by atoms with Crippen LogP contribution in [0.15, 0.2) is 71.8 Å². The van der Waals surface area contributed by atoms with Gasteiger partial charge in [-0.1, -0.05) is 76.2 Å². The molecule has 45 heavy (non-hydrogen) atoms. The van der Waals surface area contributed by atoms with Crippen LogP contribution >= 0.6 is 34.0 Å². The van der Waals surface area contributed by atoms with Crippen LogP contribution in [0.2, 0.25) is 0 Å². The minimum absolute atomic E-state index is 0.344. The Morgan fingerprint density at radius 3 is 1.27 bits per heavy atom. The van der Waals surface area contributed by atoms with Crippen LogP contribution in [0.5, 0.6) is 0 Å². The Labute approximate surface area is 270 Å². The molecule has 4 nitrogen and oxygen atoms in total. The number of benzene rings is 2. The molecular weight excluding hydrogens is 617 g/mol. The molecule has 0 aliphatic heterocycles. The van der Waals surface area contributed by atoms with Gasteiger partial charge in [0.1, 0.15) is 0 Å². The molecule has 0 saturated heterocycles. The molecule has 0 unspecified atom stereocenters. The number of carbonyl (C=O) groups excluding carboxylic acids is 4. The van der Waals surface area contributed by atoms with Gasteiger partial charge in [-0.15, -0.1) is 34.0 Å². The van der Waals surface area contributed by atoms with E-state index >= 15 is 0 Å². The van der Waals surface area contributed by atoms with Gasteiger partial charge in [0.25, 0.3) is 0 Å². The molecule has 7 heteroatoms. The van der Waals surface area contributed by atoms with E-state index in [1.165, 1.54) is 39.7 Å². The van der Waals surface area contributed by atoms with E-state index < -0.39 is 23.1 Å². The zero-order chi connectivity index (χ0) is 31.2. The molecule has 2 aromatic carbocycles. The zero-order valence-electron chi connectivity index (χ0n) is 24.8. The second kappa shape index (κ2) is 8.69. The molecule has 218 valence electrons. The van der Waals surface area contributed by atoms with Gasteiger partial charge >= 0.3 is 0 Å². The van der Waals surface area contributed by atoms with Crippen LogP contribution in [0.25, 0.3) is 42.1 Å². The fourth-order valence-corrected chi connectivity index (χ4v) is 12.4. The third-order valence-corrected chi connectivity index (χ3v) is 13.8. The van der Waals surface area contributed by atoms with Crippen molar-refractivity contribution >= 4 is 99.2 Å². The quantitative estimate of drug-likeness (QED) is 0.143. The van der Waals surface area contributed by atoms with E-state index in [1.54, 1.807) is 46.9 Å². The topological polar surface area (TPSA) is 68.3 Å². The molecule has 4 aliphatic rings. The van der Waals surface area contributed by atoms with E-state index in [9.17, 15) is 19.2 Å². The standard InChI is InChI=1S/C38H24O4S3/c1-37(2)17(13-23-19-9-5-7-11-21(19)29(39)31(23)41)15-25-27(37)33-35(43-25)36-34(45-33)28-26(44-36)16-18(38(28,3)4)14-24-20-10-6-8-12-22(20)30(40)32(24)42/h5-16H,1-4H3/b23-13-,24-14-. The molecule has 0 fully saturated rings. The number of allylic oxidation sites excluding steroid dienone is 6. The maximum Gasteiger partial charge on any atom is 0.234 e. The molecule has 3 heterocycles. The minimum atomic E-state index is -0.437. The third kappa shape index (κ3) is 3.35. The summed E-state index contributed by atoms with van der Waals surface area (Å²) in [7, 11) is 0. The monoisotopic (exact) mass is 640 g/mol. The van der Waals surface area contributed by atoms with Crippen molar-refractivity contribution in [2.24, 2.45) is 0 Å². The first-order chi connectivity index (χ1) is 21.5. The number of thiophene rings is 3. The average Bonchev–Trinajstić information content (AvgIpc) is 3.83. The number of fused-ring (bicyclic) bond motifs is 9. The number of rotatable bonds is 2. The summed E-state index contributed by atoms with van der Waals surface area (Å²) in [6, 6.07) is 14.5. The number of Topliss-reactive ketones (excluding diaryl/α,β-unsaturated/α-hetero) is 4. The number of hydrogen-bond donors (Lipinski definition) is 0. The van der Waals surface area contributed by atoms with Crippen LogP contribution in [0.4, 0.5) is 0 Å². The van der Waals surface area contributed by atoms with Crippen molar-refractivity contribution in [2.75, 3.05) is 0 Å². The van der Waals surface area contributed by atoms with Crippen LogP contribution in [0.1, 0.15) is 80.4 Å². The van der Waals surface area contributed by atoms with E-state index in [2.05, 4.69) is 39.8 Å². The van der Waals surface area contributed by atoms with Crippen molar-refractivity contribution in [2.45, 2.75) is 38.5 Å². The van der Waals surface area contributed by atoms with E-state index in [4.69, 9.17) is 0 Å². The Hall–Kier alpha value is -4.30. The molecule has 0 N–H and O–H groups in total. The van der Waals surface area contributed by atoms with Crippen LogP contribution in [0.3, 0.4) is 0 Å². The fraction of sp³-hybridized carbons (Fsp3) is 0.158. The lowest BCUT2D eigenvalue weighted by molar-refractivity contribution is -0.110. The molecule has 3 aromatic heterocycles. The molecule has 4 aliphatic carbocycles. The van der Waals surface area contributed by atoms with Crippen molar-refractivity contribution in [1.82, 2.24) is 0 Å². The predicted molar refractivity (Wildman–Crippen MR) is 185 cm³/mol. The van der Waals surface area contributed by atoms with Gasteiger partial charge in [0, 0.05) is 42.9 Å². The maximum atomic E-state index is 13.0. The van der Waals surface area contributed by atoms with E-state index in [0.717, 1.165) is 11.1 Å². The second-order valence-corrected chi connectivity index (χ2v) is 16.2. The molecule has 9 rings (SSSR count). The van der Waals surface area contributed by atoms with Crippen LogP contribution < -0.4 is 0 Å². The Kier molecular flexibility index (Phi) is 5.23. The summed E-state index contributed by atoms with van der Waals surface area (Å²) < 4.78 is 5.14. The Bertz CT molecular complexity index is 2280. The molecule has 0 spiro atoms. The highest BCUT2D eigenvalue weighted by atomic mass is 32.1. The largest absolute Gasteiger partial charge is 0.285 e. The SMILES string of the molecule is CC1(C)C(/C=C2\C(=O)C(=O)c3ccccc32)=Cc2sc3c(sc4c5c(sc43)C=C(/C=C3\C(=O)C(=O)c4ccccc43)C5(C)C)c21. The van der Waals surface area contributed by atoms with Crippen LogP contribution in [-0.4, -0.2) is 23.1 Å². The molecular formula is C38H24O4S3. The van der Waals surface area contributed by atoms with Gasteiger partial charge in [0.05, 0.1) is 18.8 Å². The Morgan fingerprint density at radius 1 is 0.489 bits per heavy atom. The van der Waals surface area contributed by atoms with Crippen molar-refractivity contribution < 1.29 is 19.2 Å². The molecule has 5 aromatic rings. The summed E-state index contributed by atoms with van der Waals surface area (Å²) in [6.07, 6.45) is 8.24. The van der Waals surface area contributed by atoms with Gasteiger partial charge in [0.15, 0.2) is 0 Å². The highest BCUT2D eigenvalue weighted by Crippen LogP contribution is 2.59. The Balaban J connectivity index is 1.14. The number of ketones is 4. The van der Waals surface area contributed by atoms with Gasteiger partial charge in [-0.3, -0.25) is 19.2 Å². The average molecular weight is 641 g/mol.